The molecule has 2 amide bonds. The molecule has 0 unspecified atom stereocenters. The van der Waals surface area contributed by atoms with E-state index in [2.05, 4.69) is 15.4 Å². The molecule has 1 aliphatic rings. The Bertz CT molecular complexity index is 1380. The number of anilines is 2. The minimum atomic E-state index is -4.07. The van der Waals surface area contributed by atoms with E-state index in [0.29, 0.717) is 29.3 Å². The Morgan fingerprint density at radius 3 is 2.50 bits per heavy atom. The minimum absolute atomic E-state index is 0.0159. The fraction of sp³-hybridized carbons (Fsp3) is 0.231. The Balaban J connectivity index is 1.62. The summed E-state index contributed by atoms with van der Waals surface area (Å²) in [6.45, 7) is 0. The van der Waals surface area contributed by atoms with Gasteiger partial charge in [-0.2, -0.15) is 4.72 Å². The second kappa shape index (κ2) is 10.8. The van der Waals surface area contributed by atoms with Crippen molar-refractivity contribution in [3.8, 4) is 11.5 Å². The highest BCUT2D eigenvalue weighted by Crippen LogP contribution is 2.29. The number of aryl methyl sites for hydroxylation is 1. The zero-order valence-corrected chi connectivity index (χ0v) is 20.7. The zero-order valence-electron chi connectivity index (χ0n) is 19.9. The molecule has 0 radical (unpaired) electrons. The van der Waals surface area contributed by atoms with Crippen molar-refractivity contribution in [2.45, 2.75) is 30.2 Å². The Morgan fingerprint density at radius 2 is 1.78 bits per heavy atom. The number of nitrogens with one attached hydrogen (secondary N) is 3. The van der Waals surface area contributed by atoms with E-state index in [4.69, 9.17) is 9.47 Å². The van der Waals surface area contributed by atoms with Crippen molar-refractivity contribution in [2.75, 3.05) is 24.9 Å². The van der Waals surface area contributed by atoms with Gasteiger partial charge in [-0.3, -0.25) is 9.59 Å². The van der Waals surface area contributed by atoms with E-state index in [1.807, 2.05) is 30.3 Å². The standard InChI is InChI=1S/C26H27N3O6S/c1-34-19-9-12-24(35-2)22(16-19)28-26(31)23(14-17-6-4-3-5-7-17)29-36(32,33)20-10-11-21-18(15-20)8-13-25(30)27-21/h3-7,9-12,15-16,23,29H,8,13-14H2,1-2H3,(H,27,30)(H,28,31)/t23-/m0/s1. The van der Waals surface area contributed by atoms with E-state index < -0.39 is 22.0 Å². The van der Waals surface area contributed by atoms with Gasteiger partial charge in [0.1, 0.15) is 17.5 Å². The van der Waals surface area contributed by atoms with Crippen LogP contribution in [0.5, 0.6) is 11.5 Å². The average Bonchev–Trinajstić information content (AvgIpc) is 2.88. The summed E-state index contributed by atoms with van der Waals surface area (Å²) in [6.07, 6.45) is 0.846. The fourth-order valence-corrected chi connectivity index (χ4v) is 5.20. The van der Waals surface area contributed by atoms with Gasteiger partial charge in [-0.05, 0) is 54.3 Å². The van der Waals surface area contributed by atoms with Crippen molar-refractivity contribution in [2.24, 2.45) is 0 Å². The zero-order chi connectivity index (χ0) is 25.7. The molecule has 3 aromatic carbocycles. The molecule has 3 aromatic rings. The Morgan fingerprint density at radius 1 is 1.00 bits per heavy atom. The number of sulfonamides is 1. The first kappa shape index (κ1) is 25.2. The van der Waals surface area contributed by atoms with Crippen molar-refractivity contribution < 1.29 is 27.5 Å². The van der Waals surface area contributed by atoms with Crippen LogP contribution in [0, 0.1) is 0 Å². The first-order chi connectivity index (χ1) is 17.3. The number of rotatable bonds is 9. The van der Waals surface area contributed by atoms with Crippen molar-refractivity contribution in [1.29, 1.82) is 0 Å². The van der Waals surface area contributed by atoms with Crippen molar-refractivity contribution in [1.82, 2.24) is 4.72 Å². The molecule has 4 rings (SSSR count). The quantitative estimate of drug-likeness (QED) is 0.407. The number of benzene rings is 3. The monoisotopic (exact) mass is 509 g/mol. The molecule has 0 spiro atoms. The first-order valence-electron chi connectivity index (χ1n) is 11.3. The molecule has 0 saturated heterocycles. The number of carbonyl (C=O) groups is 2. The van der Waals surface area contributed by atoms with Crippen LogP contribution in [-0.2, 0) is 32.5 Å². The van der Waals surface area contributed by atoms with Gasteiger partial charge in [0.05, 0.1) is 24.8 Å². The van der Waals surface area contributed by atoms with Gasteiger partial charge in [0.2, 0.25) is 21.8 Å². The molecule has 9 nitrogen and oxygen atoms in total. The van der Waals surface area contributed by atoms with Gasteiger partial charge in [-0.15, -0.1) is 0 Å². The summed E-state index contributed by atoms with van der Waals surface area (Å²) in [4.78, 5) is 25.0. The lowest BCUT2D eigenvalue weighted by molar-refractivity contribution is -0.118. The Labute approximate surface area is 209 Å². The molecule has 0 saturated carbocycles. The third-order valence-electron chi connectivity index (χ3n) is 5.84. The summed E-state index contributed by atoms with van der Waals surface area (Å²) in [5.74, 6) is 0.248. The van der Waals surface area contributed by atoms with E-state index >= 15 is 0 Å². The van der Waals surface area contributed by atoms with E-state index in [1.165, 1.54) is 26.4 Å². The summed E-state index contributed by atoms with van der Waals surface area (Å²) in [6, 6.07) is 17.5. The molecular formula is C26H27N3O6S. The van der Waals surface area contributed by atoms with Gasteiger partial charge in [-0.25, -0.2) is 8.42 Å². The van der Waals surface area contributed by atoms with Crippen molar-refractivity contribution in [3.05, 3.63) is 77.9 Å². The maximum atomic E-state index is 13.4. The van der Waals surface area contributed by atoms with Crippen LogP contribution in [0.25, 0.3) is 0 Å². The second-order valence-corrected chi connectivity index (χ2v) is 10.0. The number of methoxy groups -OCH3 is 2. The van der Waals surface area contributed by atoms with Gasteiger partial charge >= 0.3 is 0 Å². The number of ether oxygens (including phenoxy) is 2. The molecule has 0 aliphatic carbocycles. The van der Waals surface area contributed by atoms with Gasteiger partial charge in [0.15, 0.2) is 0 Å². The van der Waals surface area contributed by atoms with Crippen LogP contribution >= 0.6 is 0 Å². The minimum Gasteiger partial charge on any atom is -0.497 e. The normalized spacial score (nSPS) is 13.8. The van der Waals surface area contributed by atoms with Crippen LogP contribution in [0.15, 0.2) is 71.6 Å². The first-order valence-corrected chi connectivity index (χ1v) is 12.8. The maximum Gasteiger partial charge on any atom is 0.243 e. The summed E-state index contributed by atoms with van der Waals surface area (Å²) < 4.78 is 39.8. The molecule has 1 heterocycles. The van der Waals surface area contributed by atoms with Crippen LogP contribution in [0.3, 0.4) is 0 Å². The van der Waals surface area contributed by atoms with Crippen LogP contribution in [-0.4, -0.2) is 40.5 Å². The molecule has 36 heavy (non-hydrogen) atoms. The molecule has 188 valence electrons. The highest BCUT2D eigenvalue weighted by molar-refractivity contribution is 7.89. The lowest BCUT2D eigenvalue weighted by atomic mass is 10.0. The molecule has 1 aliphatic heterocycles. The molecule has 3 N–H and O–H groups in total. The van der Waals surface area contributed by atoms with Gasteiger partial charge in [0.25, 0.3) is 0 Å². The largest absolute Gasteiger partial charge is 0.497 e. The predicted octanol–water partition coefficient (Wildman–Crippen LogP) is 3.12. The smallest absolute Gasteiger partial charge is 0.243 e. The lowest BCUT2D eigenvalue weighted by Gasteiger charge is -2.21. The molecule has 0 fully saturated rings. The topological polar surface area (TPSA) is 123 Å². The second-order valence-electron chi connectivity index (χ2n) is 8.29. The van der Waals surface area contributed by atoms with Crippen molar-refractivity contribution in [3.63, 3.8) is 0 Å². The van der Waals surface area contributed by atoms with Crippen molar-refractivity contribution >= 4 is 33.2 Å². The molecule has 10 heteroatoms. The van der Waals surface area contributed by atoms with E-state index in [-0.39, 0.29) is 23.6 Å². The lowest BCUT2D eigenvalue weighted by Crippen LogP contribution is -2.45. The van der Waals surface area contributed by atoms with Crippen LogP contribution in [0.1, 0.15) is 17.5 Å². The van der Waals surface area contributed by atoms with Gasteiger partial charge < -0.3 is 20.1 Å². The van der Waals surface area contributed by atoms with Gasteiger partial charge in [0, 0.05) is 18.2 Å². The molecule has 1 atom stereocenters. The van der Waals surface area contributed by atoms with Crippen LogP contribution in [0.4, 0.5) is 11.4 Å². The number of amides is 2. The third-order valence-corrected chi connectivity index (χ3v) is 7.31. The maximum absolute atomic E-state index is 13.4. The summed E-state index contributed by atoms with van der Waals surface area (Å²) in [7, 11) is -1.10. The molecule has 0 aromatic heterocycles. The Kier molecular flexibility index (Phi) is 7.56. The van der Waals surface area contributed by atoms with E-state index in [9.17, 15) is 18.0 Å². The number of carbonyl (C=O) groups excluding carboxylic acids is 2. The molecule has 0 bridgehead atoms. The van der Waals surface area contributed by atoms with E-state index in [0.717, 1.165) is 11.1 Å². The summed E-state index contributed by atoms with van der Waals surface area (Å²) in [5.41, 5.74) is 2.45. The summed E-state index contributed by atoms with van der Waals surface area (Å²) >= 11 is 0. The highest BCUT2D eigenvalue weighted by Gasteiger charge is 2.28. The summed E-state index contributed by atoms with van der Waals surface area (Å²) in [5, 5.41) is 5.50. The van der Waals surface area contributed by atoms with Crippen LogP contribution < -0.4 is 24.8 Å². The third kappa shape index (κ3) is 5.84. The van der Waals surface area contributed by atoms with Gasteiger partial charge in [-0.1, -0.05) is 30.3 Å². The average molecular weight is 510 g/mol. The SMILES string of the molecule is COc1ccc(OC)c(NC(=O)[C@H](Cc2ccccc2)NS(=O)(=O)c2ccc3c(c2)CCC(=O)N3)c1. The highest BCUT2D eigenvalue weighted by atomic mass is 32.2. The number of fused-ring (bicyclic) bond motifs is 1. The Hall–Kier alpha value is -3.89. The van der Waals surface area contributed by atoms with Crippen LogP contribution in [0.2, 0.25) is 0 Å². The predicted molar refractivity (Wildman–Crippen MR) is 136 cm³/mol. The number of hydrogen-bond acceptors (Lipinski definition) is 6. The molecular weight excluding hydrogens is 482 g/mol. The fourth-order valence-electron chi connectivity index (χ4n) is 3.95. The number of hydrogen-bond donors (Lipinski definition) is 3. The van der Waals surface area contributed by atoms with E-state index in [1.54, 1.807) is 24.3 Å².